The summed E-state index contributed by atoms with van der Waals surface area (Å²) in [6, 6.07) is 14.1. The Bertz CT molecular complexity index is 722. The number of hydrogen-bond acceptors (Lipinski definition) is 5. The van der Waals surface area contributed by atoms with Gasteiger partial charge in [0.2, 0.25) is 0 Å². The molecule has 2 aromatic carbocycles. The Balaban J connectivity index is 2.16. The third kappa shape index (κ3) is 4.09. The van der Waals surface area contributed by atoms with E-state index in [1.807, 2.05) is 18.2 Å². The fraction of sp³-hybridized carbons (Fsp3) is 0.263. The molecular formula is C19H21NO5. The molecule has 0 bridgehead atoms. The van der Waals surface area contributed by atoms with Gasteiger partial charge in [-0.25, -0.2) is 4.79 Å². The number of amides is 1. The minimum atomic E-state index is -0.965. The summed E-state index contributed by atoms with van der Waals surface area (Å²) in [6.07, 6.45) is -0.965. The van der Waals surface area contributed by atoms with Crippen molar-refractivity contribution in [2.45, 2.75) is 13.0 Å². The van der Waals surface area contributed by atoms with Crippen LogP contribution in [0, 0.1) is 0 Å². The molecule has 0 N–H and O–H groups in total. The van der Waals surface area contributed by atoms with Crippen LogP contribution in [0.3, 0.4) is 0 Å². The van der Waals surface area contributed by atoms with E-state index in [2.05, 4.69) is 0 Å². The van der Waals surface area contributed by atoms with Crippen molar-refractivity contribution in [3.63, 3.8) is 0 Å². The highest BCUT2D eigenvalue weighted by Gasteiger charge is 2.26. The average Bonchev–Trinajstić information content (AvgIpc) is 2.66. The second kappa shape index (κ2) is 8.19. The Morgan fingerprint density at radius 1 is 0.920 bits per heavy atom. The van der Waals surface area contributed by atoms with E-state index in [0.29, 0.717) is 17.2 Å². The highest BCUT2D eigenvalue weighted by atomic mass is 16.6. The first kappa shape index (κ1) is 18.3. The third-order valence-corrected chi connectivity index (χ3v) is 3.74. The fourth-order valence-electron chi connectivity index (χ4n) is 2.37. The molecule has 6 nitrogen and oxygen atoms in total. The van der Waals surface area contributed by atoms with E-state index in [1.165, 1.54) is 26.0 Å². The molecule has 0 heterocycles. The molecule has 0 spiro atoms. The zero-order valence-electron chi connectivity index (χ0n) is 14.7. The average molecular weight is 343 g/mol. The molecule has 1 atom stereocenters. The van der Waals surface area contributed by atoms with Crippen LogP contribution in [0.4, 0.5) is 5.69 Å². The second-order valence-electron chi connectivity index (χ2n) is 5.32. The van der Waals surface area contributed by atoms with Gasteiger partial charge >= 0.3 is 5.97 Å². The number of methoxy groups -OCH3 is 2. The van der Waals surface area contributed by atoms with Gasteiger partial charge in [-0.3, -0.25) is 4.79 Å². The number of rotatable bonds is 6. The van der Waals surface area contributed by atoms with Gasteiger partial charge in [0, 0.05) is 12.7 Å². The first-order chi connectivity index (χ1) is 12.0. The number of nitrogens with zero attached hydrogens (tertiary/aromatic N) is 1. The van der Waals surface area contributed by atoms with Crippen molar-refractivity contribution < 1.29 is 23.8 Å². The van der Waals surface area contributed by atoms with Crippen LogP contribution in [-0.4, -0.2) is 39.2 Å². The van der Waals surface area contributed by atoms with Crippen LogP contribution >= 0.6 is 0 Å². The highest BCUT2D eigenvalue weighted by Crippen LogP contribution is 2.29. The Kier molecular flexibility index (Phi) is 6.00. The zero-order valence-corrected chi connectivity index (χ0v) is 14.7. The van der Waals surface area contributed by atoms with Gasteiger partial charge in [-0.15, -0.1) is 0 Å². The standard InChI is InChI=1S/C19H21NO5/c1-13(18(21)20(2)14-9-6-5-7-10-14)25-19(22)17-15(23-3)11-8-12-16(17)24-4/h5-13H,1-4H3. The smallest absolute Gasteiger partial charge is 0.346 e. The lowest BCUT2D eigenvalue weighted by Gasteiger charge is -2.22. The summed E-state index contributed by atoms with van der Waals surface area (Å²) in [4.78, 5) is 26.5. The minimum absolute atomic E-state index is 0.148. The molecular weight excluding hydrogens is 322 g/mol. The van der Waals surface area contributed by atoms with E-state index >= 15 is 0 Å². The molecule has 1 amide bonds. The molecule has 1 unspecified atom stereocenters. The number of hydrogen-bond donors (Lipinski definition) is 0. The SMILES string of the molecule is COc1cccc(OC)c1C(=O)OC(C)C(=O)N(C)c1ccccc1. The van der Waals surface area contributed by atoms with Crippen molar-refractivity contribution in [1.29, 1.82) is 0 Å². The molecule has 0 aliphatic carbocycles. The van der Waals surface area contributed by atoms with Gasteiger partial charge in [-0.1, -0.05) is 24.3 Å². The normalized spacial score (nSPS) is 11.4. The monoisotopic (exact) mass is 343 g/mol. The molecule has 132 valence electrons. The van der Waals surface area contributed by atoms with E-state index in [0.717, 1.165) is 0 Å². The number of benzene rings is 2. The molecule has 0 saturated carbocycles. The fourth-order valence-corrected chi connectivity index (χ4v) is 2.37. The molecule has 0 aliphatic heterocycles. The summed E-state index contributed by atoms with van der Waals surface area (Å²) in [7, 11) is 4.53. The van der Waals surface area contributed by atoms with Gasteiger partial charge in [0.05, 0.1) is 14.2 Å². The summed E-state index contributed by atoms with van der Waals surface area (Å²) in [5, 5.41) is 0. The molecule has 6 heteroatoms. The van der Waals surface area contributed by atoms with Crippen molar-refractivity contribution in [3.8, 4) is 11.5 Å². The van der Waals surface area contributed by atoms with E-state index in [-0.39, 0.29) is 11.5 Å². The molecule has 25 heavy (non-hydrogen) atoms. The van der Waals surface area contributed by atoms with E-state index in [4.69, 9.17) is 14.2 Å². The van der Waals surface area contributed by atoms with Crippen molar-refractivity contribution in [3.05, 3.63) is 54.1 Å². The Morgan fingerprint density at radius 3 is 2.00 bits per heavy atom. The van der Waals surface area contributed by atoms with E-state index in [1.54, 1.807) is 37.4 Å². The van der Waals surface area contributed by atoms with Gasteiger partial charge in [0.25, 0.3) is 5.91 Å². The summed E-state index contributed by atoms with van der Waals surface area (Å²) in [5.74, 6) is -0.383. The predicted octanol–water partition coefficient (Wildman–Crippen LogP) is 2.91. The van der Waals surface area contributed by atoms with Gasteiger partial charge in [0.15, 0.2) is 6.10 Å². The van der Waals surface area contributed by atoms with Crippen molar-refractivity contribution in [2.24, 2.45) is 0 Å². The Morgan fingerprint density at radius 2 is 1.48 bits per heavy atom. The van der Waals surface area contributed by atoms with Crippen molar-refractivity contribution in [1.82, 2.24) is 0 Å². The van der Waals surface area contributed by atoms with Gasteiger partial charge in [0.1, 0.15) is 17.1 Å². The predicted molar refractivity (Wildman–Crippen MR) is 94.3 cm³/mol. The minimum Gasteiger partial charge on any atom is -0.496 e. The largest absolute Gasteiger partial charge is 0.496 e. The Labute approximate surface area is 146 Å². The van der Waals surface area contributed by atoms with Crippen molar-refractivity contribution in [2.75, 3.05) is 26.2 Å². The summed E-state index contributed by atoms with van der Waals surface area (Å²) in [6.45, 7) is 1.53. The first-order valence-electron chi connectivity index (χ1n) is 7.74. The summed E-state index contributed by atoms with van der Waals surface area (Å²) >= 11 is 0. The molecule has 2 rings (SSSR count). The molecule has 0 saturated heterocycles. The highest BCUT2D eigenvalue weighted by molar-refractivity contribution is 6.00. The summed E-state index contributed by atoms with van der Waals surface area (Å²) < 4.78 is 15.7. The van der Waals surface area contributed by atoms with Crippen LogP contribution in [0.25, 0.3) is 0 Å². The number of likely N-dealkylation sites (N-methyl/N-ethyl adjacent to an activating group) is 1. The molecule has 0 aromatic heterocycles. The van der Waals surface area contributed by atoms with Gasteiger partial charge in [-0.05, 0) is 31.2 Å². The maximum Gasteiger partial charge on any atom is 0.346 e. The molecule has 0 fully saturated rings. The topological polar surface area (TPSA) is 65.1 Å². The van der Waals surface area contributed by atoms with Crippen LogP contribution < -0.4 is 14.4 Å². The number of carbonyl (C=O) groups excluding carboxylic acids is 2. The molecule has 0 aliphatic rings. The van der Waals surface area contributed by atoms with Crippen LogP contribution in [-0.2, 0) is 9.53 Å². The number of carbonyl (C=O) groups is 2. The lowest BCUT2D eigenvalue weighted by atomic mass is 10.1. The van der Waals surface area contributed by atoms with Gasteiger partial charge < -0.3 is 19.1 Å². The molecule has 0 radical (unpaired) electrons. The van der Waals surface area contributed by atoms with E-state index in [9.17, 15) is 9.59 Å². The number of esters is 1. The number of anilines is 1. The van der Waals surface area contributed by atoms with Crippen LogP contribution in [0.1, 0.15) is 17.3 Å². The maximum absolute atomic E-state index is 12.5. The second-order valence-corrected chi connectivity index (χ2v) is 5.32. The molecule has 2 aromatic rings. The van der Waals surface area contributed by atoms with Crippen LogP contribution in [0.2, 0.25) is 0 Å². The number of para-hydroxylation sites is 1. The van der Waals surface area contributed by atoms with Gasteiger partial charge in [-0.2, -0.15) is 0 Å². The summed E-state index contributed by atoms with van der Waals surface area (Å²) in [5.41, 5.74) is 0.861. The first-order valence-corrected chi connectivity index (χ1v) is 7.74. The lowest BCUT2D eigenvalue weighted by molar-refractivity contribution is -0.126. The number of ether oxygens (including phenoxy) is 3. The van der Waals surface area contributed by atoms with E-state index < -0.39 is 12.1 Å². The van der Waals surface area contributed by atoms with Crippen molar-refractivity contribution >= 4 is 17.6 Å². The Hall–Kier alpha value is -3.02. The van der Waals surface area contributed by atoms with Crippen LogP contribution in [0.5, 0.6) is 11.5 Å². The maximum atomic E-state index is 12.5. The zero-order chi connectivity index (χ0) is 18.4. The lowest BCUT2D eigenvalue weighted by Crippen LogP contribution is -2.37. The third-order valence-electron chi connectivity index (χ3n) is 3.74. The quantitative estimate of drug-likeness (QED) is 0.755. The van der Waals surface area contributed by atoms with Crippen LogP contribution in [0.15, 0.2) is 48.5 Å².